The molecule has 6 rings (SSSR count). The number of aromatic amines is 1. The van der Waals surface area contributed by atoms with Crippen LogP contribution in [-0.2, 0) is 33.9 Å². The number of amidine groups is 1. The molecule has 16 heteroatoms. The summed E-state index contributed by atoms with van der Waals surface area (Å²) in [5.74, 6) is 5.16. The van der Waals surface area contributed by atoms with Crippen molar-refractivity contribution in [1.82, 2.24) is 30.8 Å². The van der Waals surface area contributed by atoms with Crippen molar-refractivity contribution in [3.63, 3.8) is 0 Å². The second kappa shape index (κ2) is 20.8. The lowest BCUT2D eigenvalue weighted by molar-refractivity contribution is -0.142. The number of aromatic nitrogens is 2. The second-order valence-corrected chi connectivity index (χ2v) is 15.7. The van der Waals surface area contributed by atoms with Crippen LogP contribution in [0.5, 0.6) is 5.75 Å². The highest BCUT2D eigenvalue weighted by Crippen LogP contribution is 2.42. The number of hydrazone groups is 1. The first-order valence-electron chi connectivity index (χ1n) is 20.2. The standard InChI is InChI=1S/C44H55N11O4S/c1-55-37(23-30-25-50-34-11-4-3-10-32(30)34)42(57)52-26-33-31(27-14-16-28(17-15-27)40(47)54-48)18-19-38(59-2)39(33)60-43-29(9-8-22-49-43)24-51-35(13-7-21-46)41(56)53-36(44(55)58)12-5-6-20-45/h3-4,8-11,14-19,22,25,35-37,50-51H,5-7,12-13,20-21,23-24,26,45-46,48H2,1-2H3,(H2,47,54)(H,52,57)(H,53,56)/t35-,36-,37-/m0/s1. The molecular weight excluding hydrogens is 779 g/mol. The molecule has 0 fully saturated rings. The van der Waals surface area contributed by atoms with Crippen molar-refractivity contribution >= 4 is 46.2 Å². The van der Waals surface area contributed by atoms with E-state index in [9.17, 15) is 14.4 Å². The van der Waals surface area contributed by atoms with Gasteiger partial charge in [0.15, 0.2) is 0 Å². The smallest absolute Gasteiger partial charge is 0.245 e. The number of likely N-dealkylation sites (N-methyl/N-ethyl adjacent to an activating group) is 1. The molecule has 3 atom stereocenters. The van der Waals surface area contributed by atoms with Gasteiger partial charge in [-0.1, -0.05) is 66.4 Å². The third-order valence-electron chi connectivity index (χ3n) is 10.9. The van der Waals surface area contributed by atoms with E-state index in [0.29, 0.717) is 68.1 Å². The van der Waals surface area contributed by atoms with Gasteiger partial charge in [-0.05, 0) is 91.2 Å². The molecule has 12 N–H and O–H groups in total. The molecule has 0 saturated heterocycles. The number of H-pyrrole nitrogens is 1. The maximum atomic E-state index is 14.8. The Kier molecular flexibility index (Phi) is 15.2. The molecule has 1 aliphatic heterocycles. The van der Waals surface area contributed by atoms with E-state index < -0.39 is 18.1 Å². The number of ether oxygens (including phenoxy) is 1. The van der Waals surface area contributed by atoms with Gasteiger partial charge in [0.2, 0.25) is 17.7 Å². The molecule has 3 heterocycles. The minimum Gasteiger partial charge on any atom is -0.496 e. The van der Waals surface area contributed by atoms with Gasteiger partial charge in [0.05, 0.1) is 18.0 Å². The van der Waals surface area contributed by atoms with Gasteiger partial charge in [-0.25, -0.2) is 4.98 Å². The molecule has 0 bridgehead atoms. The van der Waals surface area contributed by atoms with E-state index in [-0.39, 0.29) is 36.5 Å². The maximum absolute atomic E-state index is 14.8. The fraction of sp³-hybridized carbons (Fsp3) is 0.341. The first kappa shape index (κ1) is 43.6. The lowest BCUT2D eigenvalue weighted by Gasteiger charge is -2.32. The molecule has 0 saturated carbocycles. The van der Waals surface area contributed by atoms with Crippen LogP contribution in [0.25, 0.3) is 22.0 Å². The lowest BCUT2D eigenvalue weighted by Crippen LogP contribution is -2.57. The van der Waals surface area contributed by atoms with Gasteiger partial charge in [0.25, 0.3) is 0 Å². The Labute approximate surface area is 354 Å². The fourth-order valence-corrected chi connectivity index (χ4v) is 8.61. The number of carbonyl (C=O) groups excluding carboxylic acids is 3. The molecule has 60 heavy (non-hydrogen) atoms. The average Bonchev–Trinajstić information content (AvgIpc) is 3.69. The second-order valence-electron chi connectivity index (χ2n) is 14.7. The maximum Gasteiger partial charge on any atom is 0.245 e. The number of unbranched alkanes of at least 4 members (excludes halogenated alkanes) is 1. The van der Waals surface area contributed by atoms with E-state index in [1.807, 2.05) is 79.0 Å². The van der Waals surface area contributed by atoms with E-state index in [1.54, 1.807) is 20.4 Å². The molecule has 2 aromatic heterocycles. The minimum absolute atomic E-state index is 0.0759. The van der Waals surface area contributed by atoms with Crippen LogP contribution in [0, 0.1) is 0 Å². The number of amides is 3. The summed E-state index contributed by atoms with van der Waals surface area (Å²) in [5.41, 5.74) is 23.5. The number of nitrogens with two attached hydrogens (primary N) is 4. The van der Waals surface area contributed by atoms with Gasteiger partial charge in [-0.2, -0.15) is 5.10 Å². The summed E-state index contributed by atoms with van der Waals surface area (Å²) in [4.78, 5) is 54.0. The van der Waals surface area contributed by atoms with Crippen LogP contribution in [0.3, 0.4) is 0 Å². The van der Waals surface area contributed by atoms with Gasteiger partial charge >= 0.3 is 0 Å². The summed E-state index contributed by atoms with van der Waals surface area (Å²) < 4.78 is 5.97. The summed E-state index contributed by atoms with van der Waals surface area (Å²) in [6.07, 6.45) is 6.44. The van der Waals surface area contributed by atoms with E-state index >= 15 is 0 Å². The van der Waals surface area contributed by atoms with Crippen LogP contribution in [0.4, 0.5) is 0 Å². The Bertz CT molecular complexity index is 2300. The molecule has 0 aliphatic carbocycles. The Hall–Kier alpha value is -5.94. The van der Waals surface area contributed by atoms with Crippen molar-refractivity contribution in [2.24, 2.45) is 28.1 Å². The van der Waals surface area contributed by atoms with E-state index in [4.69, 9.17) is 32.8 Å². The van der Waals surface area contributed by atoms with E-state index in [0.717, 1.165) is 43.6 Å². The molecule has 5 aromatic rings. The Morgan fingerprint density at radius 1 is 0.917 bits per heavy atom. The van der Waals surface area contributed by atoms with Crippen molar-refractivity contribution < 1.29 is 19.1 Å². The van der Waals surface area contributed by atoms with Gasteiger partial charge < -0.3 is 53.6 Å². The highest BCUT2D eigenvalue weighted by atomic mass is 32.2. The lowest BCUT2D eigenvalue weighted by atomic mass is 9.97. The number of hydrogen-bond acceptors (Lipinski definition) is 11. The van der Waals surface area contributed by atoms with Crippen LogP contribution in [-0.4, -0.2) is 83.8 Å². The third kappa shape index (κ3) is 10.3. The van der Waals surface area contributed by atoms with Crippen LogP contribution in [0.2, 0.25) is 0 Å². The number of nitrogens with one attached hydrogen (secondary N) is 4. The number of hydrogen-bond donors (Lipinski definition) is 8. The predicted molar refractivity (Wildman–Crippen MR) is 236 cm³/mol. The first-order chi connectivity index (χ1) is 29.2. The molecule has 0 unspecified atom stereocenters. The van der Waals surface area contributed by atoms with Crippen LogP contribution in [0.1, 0.15) is 54.4 Å². The van der Waals surface area contributed by atoms with Crippen LogP contribution < -0.4 is 43.7 Å². The molecule has 3 amide bonds. The summed E-state index contributed by atoms with van der Waals surface area (Å²) in [6.45, 7) is 1.21. The molecule has 0 radical (unpaired) electrons. The zero-order valence-corrected chi connectivity index (χ0v) is 34.9. The number of pyridine rings is 1. The van der Waals surface area contributed by atoms with Gasteiger partial charge in [0, 0.05) is 55.4 Å². The number of para-hydroxylation sites is 1. The number of nitrogens with zero attached hydrogens (tertiary/aromatic N) is 3. The van der Waals surface area contributed by atoms with Gasteiger partial charge in [-0.15, -0.1) is 0 Å². The van der Waals surface area contributed by atoms with Crippen molar-refractivity contribution in [2.45, 2.75) is 79.7 Å². The Balaban J connectivity index is 1.50. The highest BCUT2D eigenvalue weighted by molar-refractivity contribution is 7.99. The Morgan fingerprint density at radius 3 is 2.43 bits per heavy atom. The SMILES string of the molecule is COc1ccc(-c2ccc(/C(N)=N/N)cc2)c2c1Sc1ncccc1CN[C@@H](CCCN)C(=O)N[C@@H](CCCCN)C(=O)N(C)[C@@H](Cc1c[nH]c3ccccc13)C(=O)NC2. The van der Waals surface area contributed by atoms with E-state index in [1.165, 1.54) is 16.7 Å². The quantitative estimate of drug-likeness (QED) is 0.0297. The molecule has 1 aliphatic rings. The first-order valence-corrected chi connectivity index (χ1v) is 21.0. The third-order valence-corrected chi connectivity index (χ3v) is 12.1. The molecule has 0 spiro atoms. The molecule has 316 valence electrons. The normalized spacial score (nSPS) is 18.3. The fourth-order valence-electron chi connectivity index (χ4n) is 7.48. The van der Waals surface area contributed by atoms with Gasteiger partial charge in [-0.3, -0.25) is 14.4 Å². The van der Waals surface area contributed by atoms with E-state index in [2.05, 4.69) is 26.0 Å². The predicted octanol–water partition coefficient (Wildman–Crippen LogP) is 3.48. The number of methoxy groups -OCH3 is 1. The summed E-state index contributed by atoms with van der Waals surface area (Å²) in [6, 6.07) is 20.4. The van der Waals surface area contributed by atoms with Crippen molar-refractivity contribution in [2.75, 3.05) is 27.2 Å². The minimum atomic E-state index is -0.960. The zero-order chi connectivity index (χ0) is 42.6. The number of rotatable bonds is 12. The Morgan fingerprint density at radius 2 is 1.68 bits per heavy atom. The van der Waals surface area contributed by atoms with Crippen LogP contribution in [0.15, 0.2) is 100 Å². The van der Waals surface area contributed by atoms with Crippen LogP contribution >= 0.6 is 11.8 Å². The number of benzene rings is 3. The molecule has 15 nitrogen and oxygen atoms in total. The zero-order valence-electron chi connectivity index (χ0n) is 34.1. The van der Waals surface area contributed by atoms with Crippen molar-refractivity contribution in [1.29, 1.82) is 0 Å². The number of carbonyl (C=O) groups is 3. The van der Waals surface area contributed by atoms with Crippen molar-refractivity contribution in [3.05, 3.63) is 107 Å². The molecule has 3 aromatic carbocycles. The average molecular weight is 834 g/mol. The van der Waals surface area contributed by atoms with Gasteiger partial charge in [0.1, 0.15) is 28.7 Å². The summed E-state index contributed by atoms with van der Waals surface area (Å²) >= 11 is 1.41. The highest BCUT2D eigenvalue weighted by Gasteiger charge is 2.34. The topological polar surface area (TPSA) is 245 Å². The monoisotopic (exact) mass is 833 g/mol. The molecular formula is C44H55N11O4S. The summed E-state index contributed by atoms with van der Waals surface area (Å²) in [5, 5.41) is 15.0. The summed E-state index contributed by atoms with van der Waals surface area (Å²) in [7, 11) is 3.23. The number of fused-ring (bicyclic) bond motifs is 3. The largest absolute Gasteiger partial charge is 0.496 e. The van der Waals surface area contributed by atoms with Crippen molar-refractivity contribution in [3.8, 4) is 16.9 Å².